The number of fused-ring (bicyclic) bond motifs is 1. The minimum atomic E-state index is 0.248. The highest BCUT2D eigenvalue weighted by Gasteiger charge is 2.34. The fourth-order valence-corrected chi connectivity index (χ4v) is 4.01. The first-order valence-corrected chi connectivity index (χ1v) is 8.69. The van der Waals surface area contributed by atoms with Crippen molar-refractivity contribution < 1.29 is 4.79 Å². The first-order valence-electron chi connectivity index (χ1n) is 7.90. The maximum atomic E-state index is 12.3. The predicted molar refractivity (Wildman–Crippen MR) is 88.7 cm³/mol. The van der Waals surface area contributed by atoms with Gasteiger partial charge in [-0.3, -0.25) is 14.6 Å². The van der Waals surface area contributed by atoms with Crippen LogP contribution in [0.2, 0.25) is 0 Å². The molecule has 114 valence electrons. The topological polar surface area (TPSA) is 23.6 Å². The highest BCUT2D eigenvalue weighted by Crippen LogP contribution is 2.24. The summed E-state index contributed by atoms with van der Waals surface area (Å²) in [7, 11) is 0. The molecule has 0 bridgehead atoms. The number of rotatable bonds is 4. The van der Waals surface area contributed by atoms with Crippen LogP contribution in [-0.2, 0) is 0 Å². The van der Waals surface area contributed by atoms with Gasteiger partial charge in [-0.15, -0.1) is 0 Å². The van der Waals surface area contributed by atoms with Crippen molar-refractivity contribution in [1.82, 2.24) is 9.80 Å². The van der Waals surface area contributed by atoms with E-state index in [2.05, 4.69) is 32.7 Å². The summed E-state index contributed by atoms with van der Waals surface area (Å²) in [6.45, 7) is 6.73. The van der Waals surface area contributed by atoms with Crippen LogP contribution >= 0.6 is 15.9 Å². The van der Waals surface area contributed by atoms with Crippen molar-refractivity contribution in [2.45, 2.75) is 38.3 Å². The van der Waals surface area contributed by atoms with Gasteiger partial charge in [-0.1, -0.05) is 28.1 Å². The molecule has 4 heteroatoms. The maximum absolute atomic E-state index is 12.3. The van der Waals surface area contributed by atoms with Crippen molar-refractivity contribution in [3.8, 4) is 0 Å². The molecule has 0 saturated carbocycles. The second-order valence-electron chi connectivity index (χ2n) is 6.32. The standard InChI is InChI=1S/C17H23BrN2O/c1-13-11-20-8-3-6-16(20)12-19(13)9-7-17(21)14-4-2-5-15(18)10-14/h2,4-5,10,13,16H,3,6-9,11-12H2,1H3. The molecule has 0 aromatic heterocycles. The smallest absolute Gasteiger partial charge is 0.164 e. The summed E-state index contributed by atoms with van der Waals surface area (Å²) in [6.07, 6.45) is 3.28. The SMILES string of the molecule is CC1CN2CCCC2CN1CCC(=O)c1cccc(Br)c1. The van der Waals surface area contributed by atoms with E-state index in [0.717, 1.165) is 35.7 Å². The summed E-state index contributed by atoms with van der Waals surface area (Å²) in [6, 6.07) is 9.00. The molecule has 2 fully saturated rings. The van der Waals surface area contributed by atoms with Gasteiger partial charge in [0.15, 0.2) is 5.78 Å². The van der Waals surface area contributed by atoms with Crippen LogP contribution in [0.25, 0.3) is 0 Å². The van der Waals surface area contributed by atoms with Gasteiger partial charge in [-0.2, -0.15) is 0 Å². The number of carbonyl (C=O) groups excluding carboxylic acids is 1. The summed E-state index contributed by atoms with van der Waals surface area (Å²) in [5.74, 6) is 0.248. The fraction of sp³-hybridized carbons (Fsp3) is 0.588. The van der Waals surface area contributed by atoms with Gasteiger partial charge >= 0.3 is 0 Å². The molecule has 2 heterocycles. The minimum absolute atomic E-state index is 0.248. The van der Waals surface area contributed by atoms with Crippen molar-refractivity contribution in [2.24, 2.45) is 0 Å². The minimum Gasteiger partial charge on any atom is -0.298 e. The summed E-state index contributed by atoms with van der Waals surface area (Å²) in [4.78, 5) is 17.4. The Labute approximate surface area is 135 Å². The Hall–Kier alpha value is -0.710. The molecule has 0 aliphatic carbocycles. The normalized spacial score (nSPS) is 26.8. The van der Waals surface area contributed by atoms with E-state index in [1.807, 2.05) is 24.3 Å². The van der Waals surface area contributed by atoms with Crippen molar-refractivity contribution in [3.05, 3.63) is 34.3 Å². The fourth-order valence-electron chi connectivity index (χ4n) is 3.61. The lowest BCUT2D eigenvalue weighted by Gasteiger charge is -2.42. The van der Waals surface area contributed by atoms with E-state index in [1.165, 1.54) is 19.4 Å². The van der Waals surface area contributed by atoms with Gasteiger partial charge in [0.05, 0.1) is 0 Å². The Bertz CT molecular complexity index is 519. The molecule has 0 spiro atoms. The number of hydrogen-bond donors (Lipinski definition) is 0. The summed E-state index contributed by atoms with van der Waals surface area (Å²) >= 11 is 3.43. The Morgan fingerprint density at radius 2 is 2.24 bits per heavy atom. The van der Waals surface area contributed by atoms with Crippen LogP contribution in [0.3, 0.4) is 0 Å². The lowest BCUT2D eigenvalue weighted by molar-refractivity contribution is 0.0567. The van der Waals surface area contributed by atoms with E-state index in [9.17, 15) is 4.79 Å². The van der Waals surface area contributed by atoms with E-state index in [1.54, 1.807) is 0 Å². The van der Waals surface area contributed by atoms with E-state index < -0.39 is 0 Å². The van der Waals surface area contributed by atoms with Gasteiger partial charge in [-0.25, -0.2) is 0 Å². The first kappa shape index (κ1) is 15.2. The second kappa shape index (κ2) is 6.59. The molecule has 3 rings (SSSR count). The largest absolute Gasteiger partial charge is 0.298 e. The van der Waals surface area contributed by atoms with Crippen LogP contribution in [0.15, 0.2) is 28.7 Å². The summed E-state index contributed by atoms with van der Waals surface area (Å²) < 4.78 is 0.973. The van der Waals surface area contributed by atoms with Gasteiger partial charge in [0.1, 0.15) is 0 Å². The lowest BCUT2D eigenvalue weighted by Crippen LogP contribution is -2.55. The van der Waals surface area contributed by atoms with Gasteiger partial charge in [0.2, 0.25) is 0 Å². The van der Waals surface area contributed by atoms with Crippen LogP contribution in [0.1, 0.15) is 36.5 Å². The average molecular weight is 351 g/mol. The second-order valence-corrected chi connectivity index (χ2v) is 7.23. The molecule has 0 N–H and O–H groups in total. The van der Waals surface area contributed by atoms with Crippen molar-refractivity contribution in [2.75, 3.05) is 26.2 Å². The van der Waals surface area contributed by atoms with Gasteiger partial charge in [0.25, 0.3) is 0 Å². The Kier molecular flexibility index (Phi) is 4.77. The highest BCUT2D eigenvalue weighted by molar-refractivity contribution is 9.10. The van der Waals surface area contributed by atoms with E-state index in [-0.39, 0.29) is 5.78 Å². The molecule has 2 saturated heterocycles. The van der Waals surface area contributed by atoms with Crippen LogP contribution in [0.5, 0.6) is 0 Å². The first-order chi connectivity index (χ1) is 10.1. The molecule has 0 amide bonds. The number of hydrogen-bond acceptors (Lipinski definition) is 3. The number of benzene rings is 1. The number of Topliss-reactive ketones (excluding diaryl/α,β-unsaturated/α-hetero) is 1. The monoisotopic (exact) mass is 350 g/mol. The summed E-state index contributed by atoms with van der Waals surface area (Å²) in [5, 5.41) is 0. The zero-order valence-corrected chi connectivity index (χ0v) is 14.2. The maximum Gasteiger partial charge on any atom is 0.164 e. The molecular formula is C17H23BrN2O. The lowest BCUT2D eigenvalue weighted by atomic mass is 10.1. The molecule has 1 aromatic rings. The van der Waals surface area contributed by atoms with E-state index >= 15 is 0 Å². The predicted octanol–water partition coefficient (Wildman–Crippen LogP) is 3.19. The molecular weight excluding hydrogens is 328 g/mol. The van der Waals surface area contributed by atoms with Gasteiger partial charge < -0.3 is 0 Å². The zero-order chi connectivity index (χ0) is 14.8. The average Bonchev–Trinajstić information content (AvgIpc) is 2.91. The summed E-state index contributed by atoms with van der Waals surface area (Å²) in [5.41, 5.74) is 0.816. The molecule has 3 nitrogen and oxygen atoms in total. The van der Waals surface area contributed by atoms with Crippen molar-refractivity contribution in [1.29, 1.82) is 0 Å². The molecule has 1 aromatic carbocycles. The molecule has 0 radical (unpaired) electrons. The number of piperazine rings is 1. The van der Waals surface area contributed by atoms with Crippen LogP contribution in [-0.4, -0.2) is 53.8 Å². The Morgan fingerprint density at radius 1 is 1.38 bits per heavy atom. The molecule has 21 heavy (non-hydrogen) atoms. The van der Waals surface area contributed by atoms with Gasteiger partial charge in [0, 0.05) is 48.2 Å². The van der Waals surface area contributed by atoms with Gasteiger partial charge in [-0.05, 0) is 38.4 Å². The van der Waals surface area contributed by atoms with Crippen LogP contribution in [0.4, 0.5) is 0 Å². The number of ketones is 1. The Morgan fingerprint density at radius 3 is 3.05 bits per heavy atom. The molecule has 2 atom stereocenters. The van der Waals surface area contributed by atoms with E-state index in [4.69, 9.17) is 0 Å². The third-order valence-electron chi connectivity index (χ3n) is 4.84. The van der Waals surface area contributed by atoms with Crippen LogP contribution in [0, 0.1) is 0 Å². The third kappa shape index (κ3) is 3.55. The Balaban J connectivity index is 1.56. The number of carbonyl (C=O) groups is 1. The van der Waals surface area contributed by atoms with E-state index in [0.29, 0.717) is 12.5 Å². The quantitative estimate of drug-likeness (QED) is 0.779. The molecule has 2 aliphatic rings. The van der Waals surface area contributed by atoms with Crippen LogP contribution < -0.4 is 0 Å². The number of nitrogens with zero attached hydrogens (tertiary/aromatic N) is 2. The molecule has 2 aliphatic heterocycles. The van der Waals surface area contributed by atoms with Crippen molar-refractivity contribution in [3.63, 3.8) is 0 Å². The van der Waals surface area contributed by atoms with Crippen molar-refractivity contribution >= 4 is 21.7 Å². The number of halogens is 1. The zero-order valence-electron chi connectivity index (χ0n) is 12.6. The highest BCUT2D eigenvalue weighted by atomic mass is 79.9. The third-order valence-corrected chi connectivity index (χ3v) is 5.33. The molecule has 2 unspecified atom stereocenters.